The Morgan fingerprint density at radius 3 is 2.48 bits per heavy atom. The van der Waals surface area contributed by atoms with E-state index in [4.69, 9.17) is 4.74 Å². The molecule has 3 aliphatic rings. The number of aromatic carboxylic acids is 1. The van der Waals surface area contributed by atoms with Crippen molar-refractivity contribution in [3.05, 3.63) is 65.5 Å². The Balaban J connectivity index is 1.58. The molecule has 0 unspecified atom stereocenters. The van der Waals surface area contributed by atoms with E-state index in [0.717, 1.165) is 38.5 Å². The molecule has 0 spiro atoms. The highest BCUT2D eigenvalue weighted by molar-refractivity contribution is 5.89. The van der Waals surface area contributed by atoms with Crippen LogP contribution in [0.15, 0.2) is 48.5 Å². The zero-order valence-corrected chi connectivity index (χ0v) is 16.0. The average Bonchev–Trinajstić information content (AvgIpc) is 2.74. The lowest BCUT2D eigenvalue weighted by atomic mass is 9.86. The summed E-state index contributed by atoms with van der Waals surface area (Å²) in [7, 11) is 0. The smallest absolute Gasteiger partial charge is 0.414 e. The Morgan fingerprint density at radius 2 is 1.86 bits per heavy atom. The summed E-state index contributed by atoms with van der Waals surface area (Å²) in [4.78, 5) is 28.0. The van der Waals surface area contributed by atoms with Gasteiger partial charge in [0.1, 0.15) is 11.9 Å². The SMILES string of the molecule is O=C(O)c1ccc(F)c(CN(C(=O)O[C@H]2CN3CCC2CC3)c2ccccc2)c1. The molecule has 0 saturated carbocycles. The van der Waals surface area contributed by atoms with Gasteiger partial charge in [0.25, 0.3) is 0 Å². The quantitative estimate of drug-likeness (QED) is 0.831. The molecule has 1 N–H and O–H groups in total. The number of anilines is 1. The number of para-hydroxylation sites is 1. The van der Waals surface area contributed by atoms with Crippen molar-refractivity contribution < 1.29 is 23.8 Å². The van der Waals surface area contributed by atoms with Crippen LogP contribution in [0.4, 0.5) is 14.9 Å². The molecule has 3 aliphatic heterocycles. The Labute approximate surface area is 168 Å². The minimum atomic E-state index is -1.15. The van der Waals surface area contributed by atoms with E-state index in [1.807, 2.05) is 6.07 Å². The third-order valence-corrected chi connectivity index (χ3v) is 5.76. The molecular weight excluding hydrogens is 375 g/mol. The normalized spacial score (nSPS) is 22.9. The first-order valence-electron chi connectivity index (χ1n) is 9.78. The number of ether oxygens (including phenoxy) is 1. The molecule has 29 heavy (non-hydrogen) atoms. The predicted octanol–water partition coefficient (Wildman–Crippen LogP) is 3.76. The fourth-order valence-corrected chi connectivity index (χ4v) is 4.11. The maximum atomic E-state index is 14.4. The van der Waals surface area contributed by atoms with Crippen LogP contribution in [-0.2, 0) is 11.3 Å². The lowest BCUT2D eigenvalue weighted by molar-refractivity contribution is -0.0311. The maximum Gasteiger partial charge on any atom is 0.414 e. The first-order chi connectivity index (χ1) is 14.0. The van der Waals surface area contributed by atoms with Gasteiger partial charge in [-0.2, -0.15) is 0 Å². The largest absolute Gasteiger partial charge is 0.478 e. The number of halogens is 1. The van der Waals surface area contributed by atoms with Crippen molar-refractivity contribution in [1.82, 2.24) is 4.90 Å². The van der Waals surface area contributed by atoms with Crippen molar-refractivity contribution >= 4 is 17.7 Å². The number of rotatable bonds is 5. The summed E-state index contributed by atoms with van der Waals surface area (Å²) in [5, 5.41) is 9.20. The van der Waals surface area contributed by atoms with Crippen LogP contribution >= 0.6 is 0 Å². The molecule has 0 radical (unpaired) electrons. The van der Waals surface area contributed by atoms with Crippen molar-refractivity contribution in [1.29, 1.82) is 0 Å². The van der Waals surface area contributed by atoms with Crippen molar-refractivity contribution in [3.63, 3.8) is 0 Å². The number of hydrogen-bond donors (Lipinski definition) is 1. The summed E-state index contributed by atoms with van der Waals surface area (Å²) >= 11 is 0. The van der Waals surface area contributed by atoms with Crippen molar-refractivity contribution in [2.24, 2.45) is 5.92 Å². The standard InChI is InChI=1S/C22H23FN2O4/c23-19-7-6-16(21(26)27)12-17(19)13-25(18-4-2-1-3-5-18)22(28)29-20-14-24-10-8-15(20)9-11-24/h1-7,12,15,20H,8-11,13-14H2,(H,26,27)/t20-/m0/s1. The number of carbonyl (C=O) groups is 2. The Kier molecular flexibility index (Phi) is 5.49. The van der Waals surface area contributed by atoms with E-state index in [9.17, 15) is 19.1 Å². The summed E-state index contributed by atoms with van der Waals surface area (Å²) < 4.78 is 20.2. The van der Waals surface area contributed by atoms with E-state index in [-0.39, 0.29) is 23.8 Å². The third kappa shape index (κ3) is 4.24. The molecule has 3 heterocycles. The van der Waals surface area contributed by atoms with Gasteiger partial charge in [0, 0.05) is 17.8 Å². The van der Waals surface area contributed by atoms with Crippen molar-refractivity contribution in [3.8, 4) is 0 Å². The van der Waals surface area contributed by atoms with Crippen LogP contribution in [0.1, 0.15) is 28.8 Å². The van der Waals surface area contributed by atoms with Gasteiger partial charge < -0.3 is 9.84 Å². The predicted molar refractivity (Wildman–Crippen MR) is 105 cm³/mol. The molecule has 3 fully saturated rings. The second kappa shape index (κ2) is 8.21. The highest BCUT2D eigenvalue weighted by Crippen LogP contribution is 2.31. The van der Waals surface area contributed by atoms with Crippen LogP contribution in [-0.4, -0.2) is 47.8 Å². The van der Waals surface area contributed by atoms with Gasteiger partial charge in [0.2, 0.25) is 0 Å². The van der Waals surface area contributed by atoms with Gasteiger partial charge in [-0.05, 0) is 62.2 Å². The fourth-order valence-electron chi connectivity index (χ4n) is 4.11. The van der Waals surface area contributed by atoms with Gasteiger partial charge in [0.05, 0.1) is 12.1 Å². The third-order valence-electron chi connectivity index (χ3n) is 5.76. The maximum absolute atomic E-state index is 14.4. The second-order valence-corrected chi connectivity index (χ2v) is 7.59. The van der Waals surface area contributed by atoms with E-state index in [1.54, 1.807) is 24.3 Å². The first-order valence-corrected chi connectivity index (χ1v) is 9.78. The van der Waals surface area contributed by atoms with Crippen molar-refractivity contribution in [2.45, 2.75) is 25.5 Å². The molecule has 6 nitrogen and oxygen atoms in total. The lowest BCUT2D eigenvalue weighted by Gasteiger charge is -2.44. The van der Waals surface area contributed by atoms with Gasteiger partial charge >= 0.3 is 12.1 Å². The van der Waals surface area contributed by atoms with Gasteiger partial charge in [-0.3, -0.25) is 9.80 Å². The van der Waals surface area contributed by atoms with E-state index in [2.05, 4.69) is 4.90 Å². The molecule has 0 aromatic heterocycles. The molecule has 2 aromatic rings. The number of nitrogens with zero attached hydrogens (tertiary/aromatic N) is 2. The molecule has 2 bridgehead atoms. The minimum Gasteiger partial charge on any atom is -0.478 e. The Bertz CT molecular complexity index is 897. The lowest BCUT2D eigenvalue weighted by Crippen LogP contribution is -2.53. The summed E-state index contributed by atoms with van der Waals surface area (Å²) in [6.45, 7) is 2.68. The number of amides is 1. The van der Waals surface area contributed by atoms with Gasteiger partial charge in [-0.15, -0.1) is 0 Å². The van der Waals surface area contributed by atoms with Crippen LogP contribution in [0.2, 0.25) is 0 Å². The van der Waals surface area contributed by atoms with Gasteiger partial charge in [-0.25, -0.2) is 14.0 Å². The molecule has 1 atom stereocenters. The number of hydrogen-bond acceptors (Lipinski definition) is 4. The number of carboxylic acid groups (broad SMARTS) is 1. The average molecular weight is 398 g/mol. The van der Waals surface area contributed by atoms with Crippen LogP contribution in [0.3, 0.4) is 0 Å². The van der Waals surface area contributed by atoms with E-state index in [1.165, 1.54) is 17.0 Å². The summed E-state index contributed by atoms with van der Waals surface area (Å²) in [5.74, 6) is -1.35. The topological polar surface area (TPSA) is 70.1 Å². The minimum absolute atomic E-state index is 0.0276. The van der Waals surface area contributed by atoms with E-state index in [0.29, 0.717) is 11.6 Å². The zero-order chi connectivity index (χ0) is 20.4. The van der Waals surface area contributed by atoms with Crippen LogP contribution in [0.5, 0.6) is 0 Å². The number of piperidine rings is 3. The summed E-state index contributed by atoms with van der Waals surface area (Å²) in [5.41, 5.74) is 0.665. The van der Waals surface area contributed by atoms with Gasteiger partial charge in [0.15, 0.2) is 0 Å². The number of fused-ring (bicyclic) bond motifs is 3. The number of carbonyl (C=O) groups excluding carboxylic acids is 1. The molecule has 7 heteroatoms. The van der Waals surface area contributed by atoms with Crippen molar-refractivity contribution in [2.75, 3.05) is 24.5 Å². The number of carboxylic acids is 1. The molecule has 2 aromatic carbocycles. The Hall–Kier alpha value is -2.93. The molecule has 1 amide bonds. The summed E-state index contributed by atoms with van der Waals surface area (Å²) in [6, 6.07) is 12.5. The monoisotopic (exact) mass is 398 g/mol. The van der Waals surface area contributed by atoms with E-state index < -0.39 is 17.9 Å². The fraction of sp³-hybridized carbons (Fsp3) is 0.364. The highest BCUT2D eigenvalue weighted by Gasteiger charge is 2.37. The molecule has 3 saturated heterocycles. The summed E-state index contributed by atoms with van der Waals surface area (Å²) in [6.07, 6.45) is 1.30. The van der Waals surface area contributed by atoms with Crippen LogP contribution in [0, 0.1) is 11.7 Å². The van der Waals surface area contributed by atoms with Crippen LogP contribution < -0.4 is 4.90 Å². The Morgan fingerprint density at radius 1 is 1.14 bits per heavy atom. The second-order valence-electron chi connectivity index (χ2n) is 7.59. The molecule has 5 rings (SSSR count). The van der Waals surface area contributed by atoms with Gasteiger partial charge in [-0.1, -0.05) is 18.2 Å². The van der Waals surface area contributed by atoms with Crippen LogP contribution in [0.25, 0.3) is 0 Å². The molecule has 152 valence electrons. The molecular formula is C22H23FN2O4. The number of benzene rings is 2. The van der Waals surface area contributed by atoms with E-state index >= 15 is 0 Å². The first kappa shape index (κ1) is 19.4. The zero-order valence-electron chi connectivity index (χ0n) is 16.0. The molecule has 0 aliphatic carbocycles. The highest BCUT2D eigenvalue weighted by atomic mass is 19.1.